The summed E-state index contributed by atoms with van der Waals surface area (Å²) >= 11 is -2.73. The first-order valence-corrected chi connectivity index (χ1v) is 11.7. The summed E-state index contributed by atoms with van der Waals surface area (Å²) in [6.45, 7) is 0. The summed E-state index contributed by atoms with van der Waals surface area (Å²) in [5.41, 5.74) is -1.23. The smallest absolute Gasteiger partial charge is 0.417 e. The van der Waals surface area contributed by atoms with Crippen LogP contribution in [0.15, 0.2) is 91.0 Å². The summed E-state index contributed by atoms with van der Waals surface area (Å²) in [4.78, 5) is 12.9. The zero-order chi connectivity index (χ0) is 26.7. The van der Waals surface area contributed by atoms with Crippen molar-refractivity contribution in [2.75, 3.05) is 9.62 Å². The number of alkyl halides is 3. The maximum absolute atomic E-state index is 13.9. The maximum Gasteiger partial charge on any atom is 0.417 e. The standard InChI is InChI=1S/C26H18F4N2O4S/c27-18-7-10-20(11-8-18)32(37(35)36)23-15-19(9-13-24(23)33)31-25(34)21-12-6-17(14-22(21)26(28,29)30)16-4-2-1-3-5-16/h1-15,33H,(H,31,34)(H,35,36). The lowest BCUT2D eigenvalue weighted by molar-refractivity contribution is -0.137. The predicted octanol–water partition coefficient (Wildman–Crippen LogP) is 6.74. The van der Waals surface area contributed by atoms with Crippen molar-refractivity contribution < 1.29 is 36.2 Å². The lowest BCUT2D eigenvalue weighted by Gasteiger charge is -2.22. The van der Waals surface area contributed by atoms with Gasteiger partial charge in [-0.15, -0.1) is 0 Å². The fourth-order valence-electron chi connectivity index (χ4n) is 3.64. The van der Waals surface area contributed by atoms with Crippen LogP contribution in [-0.2, 0) is 17.4 Å². The predicted molar refractivity (Wildman–Crippen MR) is 132 cm³/mol. The second-order valence-electron chi connectivity index (χ2n) is 7.78. The summed E-state index contributed by atoms with van der Waals surface area (Å²) < 4.78 is 77.5. The Bertz CT molecular complexity index is 1460. The zero-order valence-corrected chi connectivity index (χ0v) is 19.6. The number of nitrogens with zero attached hydrogens (tertiary/aromatic N) is 1. The number of hydrogen-bond acceptors (Lipinski definition) is 3. The van der Waals surface area contributed by atoms with Gasteiger partial charge in [0, 0.05) is 5.69 Å². The third kappa shape index (κ3) is 5.79. The van der Waals surface area contributed by atoms with Gasteiger partial charge in [0.2, 0.25) is 0 Å². The number of nitrogens with one attached hydrogen (secondary N) is 1. The normalized spacial score (nSPS) is 12.1. The van der Waals surface area contributed by atoms with E-state index in [2.05, 4.69) is 5.32 Å². The maximum atomic E-state index is 13.9. The molecule has 0 radical (unpaired) electrons. The van der Waals surface area contributed by atoms with Crippen molar-refractivity contribution in [3.8, 4) is 16.9 Å². The second-order valence-corrected chi connectivity index (χ2v) is 8.61. The molecule has 0 fully saturated rings. The van der Waals surface area contributed by atoms with Crippen LogP contribution in [0.25, 0.3) is 11.1 Å². The average molecular weight is 530 g/mol. The van der Waals surface area contributed by atoms with Crippen LogP contribution in [-0.4, -0.2) is 19.8 Å². The molecular formula is C26H18F4N2O4S. The van der Waals surface area contributed by atoms with E-state index in [1.54, 1.807) is 30.3 Å². The number of halogens is 4. The summed E-state index contributed by atoms with van der Waals surface area (Å²) in [5, 5.41) is 12.6. The number of benzene rings is 4. The first-order chi connectivity index (χ1) is 17.5. The number of hydrogen-bond donors (Lipinski definition) is 3. The van der Waals surface area contributed by atoms with Gasteiger partial charge in [-0.1, -0.05) is 36.4 Å². The van der Waals surface area contributed by atoms with E-state index in [0.29, 0.717) is 5.56 Å². The molecule has 4 rings (SSSR count). The third-order valence-electron chi connectivity index (χ3n) is 5.35. The van der Waals surface area contributed by atoms with E-state index in [9.17, 15) is 36.2 Å². The molecule has 4 aromatic carbocycles. The molecule has 3 N–H and O–H groups in total. The van der Waals surface area contributed by atoms with E-state index in [1.807, 2.05) is 0 Å². The second kappa shape index (κ2) is 10.4. The van der Waals surface area contributed by atoms with Gasteiger partial charge in [0.1, 0.15) is 17.3 Å². The van der Waals surface area contributed by atoms with E-state index in [0.717, 1.165) is 40.7 Å². The number of rotatable bonds is 6. The summed E-state index contributed by atoms with van der Waals surface area (Å²) in [6, 6.07) is 19.6. The molecule has 1 amide bonds. The Morgan fingerprint density at radius 3 is 2.16 bits per heavy atom. The molecule has 6 nitrogen and oxygen atoms in total. The van der Waals surface area contributed by atoms with E-state index in [-0.39, 0.29) is 22.6 Å². The fraction of sp³-hybridized carbons (Fsp3) is 0.0385. The minimum atomic E-state index is -4.83. The monoisotopic (exact) mass is 530 g/mol. The van der Waals surface area contributed by atoms with Gasteiger partial charge in [-0.05, 0) is 65.7 Å². The van der Waals surface area contributed by atoms with Crippen LogP contribution in [0.3, 0.4) is 0 Å². The van der Waals surface area contributed by atoms with Crippen LogP contribution < -0.4 is 9.62 Å². The average Bonchev–Trinajstić information content (AvgIpc) is 2.86. The topological polar surface area (TPSA) is 89.9 Å². The van der Waals surface area contributed by atoms with Crippen LogP contribution in [0.5, 0.6) is 5.75 Å². The number of carbonyl (C=O) groups excluding carboxylic acids is 1. The Labute approximate surface area is 211 Å². The van der Waals surface area contributed by atoms with Gasteiger partial charge in [-0.3, -0.25) is 9.35 Å². The zero-order valence-electron chi connectivity index (χ0n) is 18.7. The molecule has 0 spiro atoms. The van der Waals surface area contributed by atoms with Crippen LogP contribution >= 0.6 is 0 Å². The molecule has 4 aromatic rings. The van der Waals surface area contributed by atoms with Crippen LogP contribution in [0.2, 0.25) is 0 Å². The van der Waals surface area contributed by atoms with Gasteiger partial charge < -0.3 is 10.4 Å². The van der Waals surface area contributed by atoms with Gasteiger partial charge >= 0.3 is 6.18 Å². The Morgan fingerprint density at radius 1 is 0.865 bits per heavy atom. The lowest BCUT2D eigenvalue weighted by atomic mass is 9.98. The first kappa shape index (κ1) is 25.9. The molecule has 0 aliphatic heterocycles. The molecule has 1 unspecified atom stereocenters. The van der Waals surface area contributed by atoms with E-state index >= 15 is 0 Å². The number of aromatic hydroxyl groups is 1. The lowest BCUT2D eigenvalue weighted by Crippen LogP contribution is -2.21. The first-order valence-electron chi connectivity index (χ1n) is 10.6. The van der Waals surface area contributed by atoms with Crippen molar-refractivity contribution in [2.45, 2.75) is 6.18 Å². The van der Waals surface area contributed by atoms with E-state index < -0.39 is 46.0 Å². The van der Waals surface area contributed by atoms with Crippen molar-refractivity contribution in [1.82, 2.24) is 0 Å². The number of carbonyl (C=O) groups is 1. The molecule has 37 heavy (non-hydrogen) atoms. The molecule has 0 aliphatic carbocycles. The number of phenolic OH excluding ortho intramolecular Hbond substituents is 1. The molecule has 0 saturated carbocycles. The van der Waals surface area contributed by atoms with Crippen molar-refractivity contribution in [3.05, 3.63) is 108 Å². The Hall–Kier alpha value is -4.22. The molecule has 1 atom stereocenters. The summed E-state index contributed by atoms with van der Waals surface area (Å²) in [7, 11) is 0. The third-order valence-corrected chi connectivity index (χ3v) is 6.07. The minimum Gasteiger partial charge on any atom is -0.506 e. The molecular weight excluding hydrogens is 512 g/mol. The molecule has 0 heterocycles. The van der Waals surface area contributed by atoms with Crippen LogP contribution in [0.4, 0.5) is 34.6 Å². The summed E-state index contributed by atoms with van der Waals surface area (Å²) in [5.74, 6) is -2.15. The van der Waals surface area contributed by atoms with Gasteiger partial charge in [0.05, 0.1) is 16.8 Å². The van der Waals surface area contributed by atoms with Crippen LogP contribution in [0.1, 0.15) is 15.9 Å². The van der Waals surface area contributed by atoms with Crippen molar-refractivity contribution in [1.29, 1.82) is 0 Å². The highest BCUT2D eigenvalue weighted by Gasteiger charge is 2.35. The Balaban J connectivity index is 1.69. The number of amides is 1. The van der Waals surface area contributed by atoms with Crippen LogP contribution in [0, 0.1) is 5.82 Å². The van der Waals surface area contributed by atoms with Gasteiger partial charge in [-0.25, -0.2) is 12.9 Å². The number of phenols is 1. The SMILES string of the molecule is O=C(Nc1ccc(O)c(N(c2ccc(F)cc2)S(=O)O)c1)c1ccc(-c2ccccc2)cc1C(F)(F)F. The highest BCUT2D eigenvalue weighted by molar-refractivity contribution is 7.81. The van der Waals surface area contributed by atoms with E-state index in [4.69, 9.17) is 0 Å². The Kier molecular flexibility index (Phi) is 7.28. The van der Waals surface area contributed by atoms with Gasteiger partial charge in [0.25, 0.3) is 17.2 Å². The Morgan fingerprint density at radius 2 is 1.54 bits per heavy atom. The quantitative estimate of drug-likeness (QED) is 0.146. The molecule has 0 bridgehead atoms. The highest BCUT2D eigenvalue weighted by atomic mass is 32.2. The minimum absolute atomic E-state index is 0.0388. The van der Waals surface area contributed by atoms with Gasteiger partial charge in [0.15, 0.2) is 0 Å². The highest BCUT2D eigenvalue weighted by Crippen LogP contribution is 2.38. The summed E-state index contributed by atoms with van der Waals surface area (Å²) in [6.07, 6.45) is -4.83. The molecule has 0 aromatic heterocycles. The molecule has 190 valence electrons. The molecule has 11 heteroatoms. The number of anilines is 3. The fourth-order valence-corrected chi connectivity index (χ4v) is 4.26. The molecule has 0 aliphatic rings. The van der Waals surface area contributed by atoms with Crippen molar-refractivity contribution in [2.24, 2.45) is 0 Å². The largest absolute Gasteiger partial charge is 0.506 e. The molecule has 0 saturated heterocycles. The van der Waals surface area contributed by atoms with Crippen molar-refractivity contribution in [3.63, 3.8) is 0 Å². The van der Waals surface area contributed by atoms with E-state index in [1.165, 1.54) is 24.3 Å². The van der Waals surface area contributed by atoms with Crippen molar-refractivity contribution >= 4 is 34.2 Å². The van der Waals surface area contributed by atoms with Gasteiger partial charge in [-0.2, -0.15) is 13.2 Å².